The van der Waals surface area contributed by atoms with Crippen LogP contribution in [0.15, 0.2) is 12.1 Å². The molecule has 14 heavy (non-hydrogen) atoms. The second-order valence-electron chi connectivity index (χ2n) is 3.87. The zero-order valence-corrected chi connectivity index (χ0v) is 8.48. The number of nitrogens with two attached hydrogens (primary N) is 1. The van der Waals surface area contributed by atoms with Crippen molar-refractivity contribution in [3.05, 3.63) is 17.8 Å². The number of nitrogens with zero attached hydrogens (tertiary/aromatic N) is 3. The fourth-order valence-electron chi connectivity index (χ4n) is 1.79. The molecular weight excluding hydrogens is 176 g/mol. The number of aryl methyl sites for hydroxylation is 1. The summed E-state index contributed by atoms with van der Waals surface area (Å²) in [4.78, 5) is 2.25. The van der Waals surface area contributed by atoms with Crippen molar-refractivity contribution in [2.75, 3.05) is 24.5 Å². The largest absolute Gasteiger partial charge is 0.355 e. The molecule has 2 N–H and O–H groups in total. The summed E-state index contributed by atoms with van der Waals surface area (Å²) in [5.41, 5.74) is 6.60. The summed E-state index contributed by atoms with van der Waals surface area (Å²) >= 11 is 0. The van der Waals surface area contributed by atoms with Gasteiger partial charge in [0.25, 0.3) is 0 Å². The van der Waals surface area contributed by atoms with E-state index in [1.807, 2.05) is 19.1 Å². The van der Waals surface area contributed by atoms with Crippen LogP contribution in [0.2, 0.25) is 0 Å². The smallest absolute Gasteiger partial charge is 0.151 e. The van der Waals surface area contributed by atoms with E-state index in [1.165, 1.54) is 6.42 Å². The SMILES string of the molecule is Cc1ccc(N2CC[C@H](CN)C2)nn1. The van der Waals surface area contributed by atoms with E-state index in [-0.39, 0.29) is 0 Å². The maximum absolute atomic E-state index is 5.64. The van der Waals surface area contributed by atoms with Crippen LogP contribution in [0.25, 0.3) is 0 Å². The highest BCUT2D eigenvalue weighted by Crippen LogP contribution is 2.20. The van der Waals surface area contributed by atoms with Gasteiger partial charge in [-0.25, -0.2) is 0 Å². The van der Waals surface area contributed by atoms with E-state index in [2.05, 4.69) is 15.1 Å². The van der Waals surface area contributed by atoms with E-state index >= 15 is 0 Å². The molecule has 1 fully saturated rings. The van der Waals surface area contributed by atoms with Crippen molar-refractivity contribution >= 4 is 5.82 Å². The van der Waals surface area contributed by atoms with E-state index in [0.29, 0.717) is 5.92 Å². The molecule has 0 aliphatic carbocycles. The van der Waals surface area contributed by atoms with Crippen LogP contribution < -0.4 is 10.6 Å². The summed E-state index contributed by atoms with van der Waals surface area (Å²) in [5, 5.41) is 8.22. The third-order valence-electron chi connectivity index (χ3n) is 2.73. The van der Waals surface area contributed by atoms with Crippen LogP contribution in [-0.4, -0.2) is 29.8 Å². The van der Waals surface area contributed by atoms with Crippen molar-refractivity contribution in [3.63, 3.8) is 0 Å². The highest BCUT2D eigenvalue weighted by atomic mass is 15.3. The van der Waals surface area contributed by atoms with Crippen LogP contribution in [0.3, 0.4) is 0 Å². The van der Waals surface area contributed by atoms with E-state index in [4.69, 9.17) is 5.73 Å². The first-order chi connectivity index (χ1) is 6.79. The number of aromatic nitrogens is 2. The van der Waals surface area contributed by atoms with Gasteiger partial charge in [0.1, 0.15) is 0 Å². The van der Waals surface area contributed by atoms with Crippen LogP contribution in [0, 0.1) is 12.8 Å². The van der Waals surface area contributed by atoms with Crippen molar-refractivity contribution in [1.29, 1.82) is 0 Å². The maximum Gasteiger partial charge on any atom is 0.151 e. The van der Waals surface area contributed by atoms with E-state index in [0.717, 1.165) is 31.1 Å². The average molecular weight is 192 g/mol. The van der Waals surface area contributed by atoms with Crippen molar-refractivity contribution in [1.82, 2.24) is 10.2 Å². The first-order valence-electron chi connectivity index (χ1n) is 5.05. The number of anilines is 1. The number of hydrogen-bond acceptors (Lipinski definition) is 4. The van der Waals surface area contributed by atoms with Gasteiger partial charge in [0.2, 0.25) is 0 Å². The lowest BCUT2D eigenvalue weighted by molar-refractivity contribution is 0.602. The van der Waals surface area contributed by atoms with Crippen LogP contribution in [0.5, 0.6) is 0 Å². The van der Waals surface area contributed by atoms with Crippen molar-refractivity contribution in [2.24, 2.45) is 11.7 Å². The van der Waals surface area contributed by atoms with Gasteiger partial charge in [-0.05, 0) is 37.9 Å². The van der Waals surface area contributed by atoms with E-state index in [1.54, 1.807) is 0 Å². The molecule has 2 heterocycles. The molecule has 0 unspecified atom stereocenters. The Balaban J connectivity index is 2.06. The minimum atomic E-state index is 0.623. The Hall–Kier alpha value is -1.16. The summed E-state index contributed by atoms with van der Waals surface area (Å²) < 4.78 is 0. The summed E-state index contributed by atoms with van der Waals surface area (Å²) in [5.74, 6) is 1.60. The van der Waals surface area contributed by atoms with Gasteiger partial charge < -0.3 is 10.6 Å². The highest BCUT2D eigenvalue weighted by Gasteiger charge is 2.22. The molecule has 1 atom stereocenters. The second-order valence-corrected chi connectivity index (χ2v) is 3.87. The molecule has 0 aromatic carbocycles. The second kappa shape index (κ2) is 3.92. The van der Waals surface area contributed by atoms with Crippen molar-refractivity contribution in [3.8, 4) is 0 Å². The Kier molecular flexibility index (Phi) is 2.63. The third kappa shape index (κ3) is 1.85. The fraction of sp³-hybridized carbons (Fsp3) is 0.600. The Morgan fingerprint density at radius 1 is 1.50 bits per heavy atom. The van der Waals surface area contributed by atoms with Crippen LogP contribution in [0.4, 0.5) is 5.82 Å². The normalized spacial score (nSPS) is 21.6. The molecule has 0 bridgehead atoms. The highest BCUT2D eigenvalue weighted by molar-refractivity contribution is 5.38. The summed E-state index contributed by atoms with van der Waals surface area (Å²) in [6, 6.07) is 4.03. The summed E-state index contributed by atoms with van der Waals surface area (Å²) in [7, 11) is 0. The zero-order chi connectivity index (χ0) is 9.97. The molecule has 0 saturated carbocycles. The molecule has 1 aliphatic heterocycles. The maximum atomic E-state index is 5.64. The number of rotatable bonds is 2. The van der Waals surface area contributed by atoms with Crippen LogP contribution in [-0.2, 0) is 0 Å². The van der Waals surface area contributed by atoms with Gasteiger partial charge in [-0.1, -0.05) is 0 Å². The predicted molar refractivity (Wildman–Crippen MR) is 56.1 cm³/mol. The molecule has 4 nitrogen and oxygen atoms in total. The number of hydrogen-bond donors (Lipinski definition) is 1. The molecule has 2 rings (SSSR count). The molecule has 76 valence electrons. The molecule has 0 amide bonds. The summed E-state index contributed by atoms with van der Waals surface area (Å²) in [6.45, 7) is 4.80. The van der Waals surface area contributed by atoms with Crippen LogP contribution >= 0.6 is 0 Å². The Bertz CT molecular complexity index is 295. The van der Waals surface area contributed by atoms with Gasteiger partial charge in [-0.3, -0.25) is 0 Å². The Morgan fingerprint density at radius 3 is 2.93 bits per heavy atom. The monoisotopic (exact) mass is 192 g/mol. The van der Waals surface area contributed by atoms with Crippen molar-refractivity contribution in [2.45, 2.75) is 13.3 Å². The van der Waals surface area contributed by atoms with Crippen LogP contribution in [0.1, 0.15) is 12.1 Å². The fourth-order valence-corrected chi connectivity index (χ4v) is 1.79. The van der Waals surface area contributed by atoms with Crippen molar-refractivity contribution < 1.29 is 0 Å². The van der Waals surface area contributed by atoms with Gasteiger partial charge in [0.15, 0.2) is 5.82 Å². The molecule has 0 spiro atoms. The first kappa shape index (κ1) is 9.40. The van der Waals surface area contributed by atoms with Gasteiger partial charge in [-0.2, -0.15) is 5.10 Å². The molecule has 1 aliphatic rings. The quantitative estimate of drug-likeness (QED) is 0.744. The van der Waals surface area contributed by atoms with Gasteiger partial charge >= 0.3 is 0 Å². The molecular formula is C10H16N4. The first-order valence-corrected chi connectivity index (χ1v) is 5.05. The summed E-state index contributed by atoms with van der Waals surface area (Å²) in [6.07, 6.45) is 1.17. The van der Waals surface area contributed by atoms with Gasteiger partial charge in [-0.15, -0.1) is 5.10 Å². The lowest BCUT2D eigenvalue weighted by atomic mass is 10.1. The molecule has 1 saturated heterocycles. The standard InChI is InChI=1S/C10H16N4/c1-8-2-3-10(13-12-8)14-5-4-9(6-11)7-14/h2-3,9H,4-7,11H2,1H3/t9-/m1/s1. The average Bonchev–Trinajstić information content (AvgIpc) is 2.67. The molecule has 1 aromatic rings. The zero-order valence-electron chi connectivity index (χ0n) is 8.48. The molecule has 4 heteroatoms. The topological polar surface area (TPSA) is 55.0 Å². The Morgan fingerprint density at radius 2 is 2.36 bits per heavy atom. The minimum Gasteiger partial charge on any atom is -0.355 e. The predicted octanol–water partition coefficient (Wildman–Crippen LogP) is 0.570. The van der Waals surface area contributed by atoms with Gasteiger partial charge in [0.05, 0.1) is 5.69 Å². The lowest BCUT2D eigenvalue weighted by Gasteiger charge is -2.16. The third-order valence-corrected chi connectivity index (χ3v) is 2.73. The molecule has 0 radical (unpaired) electrons. The van der Waals surface area contributed by atoms with E-state index in [9.17, 15) is 0 Å². The minimum absolute atomic E-state index is 0.623. The Labute approximate surface area is 84.1 Å². The lowest BCUT2D eigenvalue weighted by Crippen LogP contribution is -2.23. The van der Waals surface area contributed by atoms with Gasteiger partial charge in [0, 0.05) is 13.1 Å². The van der Waals surface area contributed by atoms with E-state index < -0.39 is 0 Å². The molecule has 1 aromatic heterocycles.